The van der Waals surface area contributed by atoms with Gasteiger partial charge in [-0.2, -0.15) is 5.10 Å². The minimum Gasteiger partial charge on any atom is -0.269 e. The second-order valence-electron chi connectivity index (χ2n) is 3.39. The number of benzene rings is 1. The SMILES string of the molecule is C=NN(/C=C\C)Cc1ccc(CC)cc1. The Labute approximate surface area is 91.9 Å². The van der Waals surface area contributed by atoms with Crippen LogP contribution in [0.25, 0.3) is 0 Å². The molecule has 0 unspecified atom stereocenters. The van der Waals surface area contributed by atoms with E-state index in [1.807, 2.05) is 24.2 Å². The molecule has 1 rings (SSSR count). The van der Waals surface area contributed by atoms with Crippen molar-refractivity contribution < 1.29 is 0 Å². The Morgan fingerprint density at radius 3 is 2.33 bits per heavy atom. The average molecular weight is 202 g/mol. The molecule has 0 fully saturated rings. The summed E-state index contributed by atoms with van der Waals surface area (Å²) in [7, 11) is 0. The minimum absolute atomic E-state index is 0.776. The zero-order valence-corrected chi connectivity index (χ0v) is 9.48. The maximum absolute atomic E-state index is 3.91. The monoisotopic (exact) mass is 202 g/mol. The average Bonchev–Trinajstić information content (AvgIpc) is 2.29. The molecule has 0 aliphatic rings. The highest BCUT2D eigenvalue weighted by molar-refractivity contribution is 5.25. The third-order valence-corrected chi connectivity index (χ3v) is 2.28. The minimum atomic E-state index is 0.776. The van der Waals surface area contributed by atoms with Gasteiger partial charge in [-0.3, -0.25) is 5.01 Å². The van der Waals surface area contributed by atoms with Crippen molar-refractivity contribution in [1.29, 1.82) is 0 Å². The highest BCUT2D eigenvalue weighted by atomic mass is 15.4. The summed E-state index contributed by atoms with van der Waals surface area (Å²) in [5.41, 5.74) is 2.61. The van der Waals surface area contributed by atoms with E-state index in [2.05, 4.69) is 43.0 Å². The van der Waals surface area contributed by atoms with E-state index in [1.54, 1.807) is 0 Å². The third-order valence-electron chi connectivity index (χ3n) is 2.28. The summed E-state index contributed by atoms with van der Waals surface area (Å²) in [6.07, 6.45) is 4.95. The fourth-order valence-corrected chi connectivity index (χ4v) is 1.39. The fourth-order valence-electron chi connectivity index (χ4n) is 1.39. The molecule has 0 saturated heterocycles. The van der Waals surface area contributed by atoms with E-state index in [0.717, 1.165) is 13.0 Å². The summed E-state index contributed by atoms with van der Waals surface area (Å²) in [6.45, 7) is 8.44. The van der Waals surface area contributed by atoms with E-state index < -0.39 is 0 Å². The van der Waals surface area contributed by atoms with Crippen LogP contribution in [0.4, 0.5) is 0 Å². The van der Waals surface area contributed by atoms with E-state index in [9.17, 15) is 0 Å². The van der Waals surface area contributed by atoms with Gasteiger partial charge in [0.05, 0.1) is 6.54 Å². The molecule has 1 aromatic carbocycles. The van der Waals surface area contributed by atoms with E-state index in [0.29, 0.717) is 0 Å². The van der Waals surface area contributed by atoms with Crippen molar-refractivity contribution in [3.8, 4) is 0 Å². The molecular weight excluding hydrogens is 184 g/mol. The zero-order chi connectivity index (χ0) is 11.1. The normalized spacial score (nSPS) is 10.5. The predicted octanol–water partition coefficient (Wildman–Crippen LogP) is 3.20. The first-order valence-electron chi connectivity index (χ1n) is 5.24. The van der Waals surface area contributed by atoms with Crippen LogP contribution < -0.4 is 0 Å². The molecule has 0 N–H and O–H groups in total. The summed E-state index contributed by atoms with van der Waals surface area (Å²) in [5.74, 6) is 0. The highest BCUT2D eigenvalue weighted by Crippen LogP contribution is 2.08. The lowest BCUT2D eigenvalue weighted by Crippen LogP contribution is -2.08. The number of rotatable bonds is 5. The molecule has 0 heterocycles. The molecule has 0 atom stereocenters. The summed E-state index contributed by atoms with van der Waals surface area (Å²) >= 11 is 0. The van der Waals surface area contributed by atoms with E-state index in [-0.39, 0.29) is 0 Å². The van der Waals surface area contributed by atoms with Gasteiger partial charge in [0.1, 0.15) is 0 Å². The van der Waals surface area contributed by atoms with Crippen molar-refractivity contribution in [3.05, 3.63) is 47.7 Å². The zero-order valence-electron chi connectivity index (χ0n) is 9.48. The number of nitrogens with zero attached hydrogens (tertiary/aromatic N) is 2. The summed E-state index contributed by atoms with van der Waals surface area (Å²) < 4.78 is 0. The number of hydrazone groups is 1. The summed E-state index contributed by atoms with van der Waals surface area (Å²) in [5, 5.41) is 5.73. The molecule has 0 radical (unpaired) electrons. The highest BCUT2D eigenvalue weighted by Gasteiger charge is 1.97. The van der Waals surface area contributed by atoms with Crippen molar-refractivity contribution in [2.24, 2.45) is 5.10 Å². The number of hydrogen-bond acceptors (Lipinski definition) is 2. The van der Waals surface area contributed by atoms with E-state index in [4.69, 9.17) is 0 Å². The topological polar surface area (TPSA) is 15.6 Å². The van der Waals surface area contributed by atoms with Crippen LogP contribution in [0.15, 0.2) is 41.6 Å². The van der Waals surface area contributed by atoms with Gasteiger partial charge in [-0.25, -0.2) is 0 Å². The maximum atomic E-state index is 3.91. The Hall–Kier alpha value is -1.57. The first-order valence-corrected chi connectivity index (χ1v) is 5.24. The molecule has 2 heteroatoms. The van der Waals surface area contributed by atoms with Gasteiger partial charge in [-0.05, 0) is 24.5 Å². The van der Waals surface area contributed by atoms with E-state index >= 15 is 0 Å². The lowest BCUT2D eigenvalue weighted by molar-refractivity contribution is 0.395. The first-order chi connectivity index (χ1) is 7.30. The molecule has 0 aliphatic heterocycles. The largest absolute Gasteiger partial charge is 0.269 e. The van der Waals surface area contributed by atoms with Gasteiger partial charge in [0.2, 0.25) is 0 Å². The quantitative estimate of drug-likeness (QED) is 0.529. The second-order valence-corrected chi connectivity index (χ2v) is 3.39. The molecule has 0 saturated carbocycles. The van der Waals surface area contributed by atoms with Crippen molar-refractivity contribution in [3.63, 3.8) is 0 Å². The van der Waals surface area contributed by atoms with Crippen LogP contribution in [0.3, 0.4) is 0 Å². The summed E-state index contributed by atoms with van der Waals surface area (Å²) in [6, 6.07) is 8.60. The van der Waals surface area contributed by atoms with Crippen molar-refractivity contribution >= 4 is 6.72 Å². The number of allylic oxidation sites excluding steroid dienone is 1. The first kappa shape index (κ1) is 11.5. The molecule has 1 aromatic rings. The van der Waals surface area contributed by atoms with Gasteiger partial charge in [0, 0.05) is 12.9 Å². The van der Waals surface area contributed by atoms with Crippen LogP contribution in [0.1, 0.15) is 25.0 Å². The van der Waals surface area contributed by atoms with Crippen molar-refractivity contribution in [1.82, 2.24) is 5.01 Å². The molecule has 2 nitrogen and oxygen atoms in total. The number of aryl methyl sites for hydroxylation is 1. The lowest BCUT2D eigenvalue weighted by atomic mass is 10.1. The van der Waals surface area contributed by atoms with Crippen molar-refractivity contribution in [2.75, 3.05) is 0 Å². The second kappa shape index (κ2) is 6.02. The van der Waals surface area contributed by atoms with Gasteiger partial charge in [0.25, 0.3) is 0 Å². The van der Waals surface area contributed by atoms with E-state index in [1.165, 1.54) is 11.1 Å². The van der Waals surface area contributed by atoms with Crippen LogP contribution >= 0.6 is 0 Å². The third kappa shape index (κ3) is 3.58. The molecule has 0 aromatic heterocycles. The van der Waals surface area contributed by atoms with Crippen LogP contribution in [0.2, 0.25) is 0 Å². The Kier molecular flexibility index (Phi) is 4.61. The molecule has 0 aliphatic carbocycles. The Morgan fingerprint density at radius 2 is 1.87 bits per heavy atom. The standard InChI is InChI=1S/C13H18N2/c1-4-10-15(14-3)11-13-8-6-12(5-2)7-9-13/h4,6-10H,3,5,11H2,1-2H3/b10-4-. The van der Waals surface area contributed by atoms with Crippen LogP contribution in [0.5, 0.6) is 0 Å². The smallest absolute Gasteiger partial charge is 0.0658 e. The van der Waals surface area contributed by atoms with Gasteiger partial charge in [-0.1, -0.05) is 37.3 Å². The Balaban J connectivity index is 2.66. The molecule has 0 bridgehead atoms. The Bertz CT molecular complexity index is 325. The van der Waals surface area contributed by atoms with Crippen LogP contribution in [0, 0.1) is 0 Å². The van der Waals surface area contributed by atoms with Gasteiger partial charge >= 0.3 is 0 Å². The predicted molar refractivity (Wildman–Crippen MR) is 65.7 cm³/mol. The van der Waals surface area contributed by atoms with Crippen LogP contribution in [-0.2, 0) is 13.0 Å². The Morgan fingerprint density at radius 1 is 1.27 bits per heavy atom. The number of hydrogen-bond donors (Lipinski definition) is 0. The molecular formula is C13H18N2. The van der Waals surface area contributed by atoms with Gasteiger partial charge < -0.3 is 0 Å². The molecule has 15 heavy (non-hydrogen) atoms. The van der Waals surface area contributed by atoms with Crippen LogP contribution in [-0.4, -0.2) is 11.7 Å². The van der Waals surface area contributed by atoms with Gasteiger partial charge in [-0.15, -0.1) is 0 Å². The molecule has 0 spiro atoms. The van der Waals surface area contributed by atoms with Crippen molar-refractivity contribution in [2.45, 2.75) is 26.8 Å². The maximum Gasteiger partial charge on any atom is 0.0658 e. The molecule has 80 valence electrons. The summed E-state index contributed by atoms with van der Waals surface area (Å²) in [4.78, 5) is 0. The fraction of sp³-hybridized carbons (Fsp3) is 0.308. The molecule has 0 amide bonds. The lowest BCUT2D eigenvalue weighted by Gasteiger charge is -2.13. The van der Waals surface area contributed by atoms with Gasteiger partial charge in [0.15, 0.2) is 0 Å².